The molecular formula is C15H17ClN4O. The molecule has 0 atom stereocenters. The summed E-state index contributed by atoms with van der Waals surface area (Å²) in [5, 5.41) is 3.13. The molecule has 0 bridgehead atoms. The molecule has 0 saturated heterocycles. The van der Waals surface area contributed by atoms with Crippen LogP contribution in [0.3, 0.4) is 0 Å². The first-order chi connectivity index (χ1) is 10.2. The van der Waals surface area contributed by atoms with Crippen molar-refractivity contribution < 1.29 is 4.79 Å². The number of rotatable bonds is 5. The van der Waals surface area contributed by atoms with Gasteiger partial charge in [-0.1, -0.05) is 11.6 Å². The molecule has 0 spiro atoms. The molecule has 2 rings (SSSR count). The van der Waals surface area contributed by atoms with E-state index in [-0.39, 0.29) is 5.91 Å². The molecule has 0 unspecified atom stereocenters. The lowest BCUT2D eigenvalue weighted by atomic mass is 10.2. The van der Waals surface area contributed by atoms with Gasteiger partial charge in [-0.15, -0.1) is 0 Å². The molecule has 2 heterocycles. The topological polar surface area (TPSA) is 58.1 Å². The Labute approximate surface area is 129 Å². The number of halogens is 1. The summed E-state index contributed by atoms with van der Waals surface area (Å²) in [5.41, 5.74) is 0.961. The van der Waals surface area contributed by atoms with Crippen LogP contribution in [0.15, 0.2) is 36.8 Å². The molecule has 0 saturated carbocycles. The predicted octanol–water partition coefficient (Wildman–Crippen LogP) is 3.23. The summed E-state index contributed by atoms with van der Waals surface area (Å²) in [7, 11) is 0. The SMILES string of the molecule is CCN(CC)c1ccc(NC(=O)c2cnccc2Cl)cn1. The summed E-state index contributed by atoms with van der Waals surface area (Å²) in [6, 6.07) is 5.29. The number of anilines is 2. The number of carbonyl (C=O) groups is 1. The monoisotopic (exact) mass is 304 g/mol. The van der Waals surface area contributed by atoms with Crippen molar-refractivity contribution in [2.75, 3.05) is 23.3 Å². The first kappa shape index (κ1) is 15.3. The minimum Gasteiger partial charge on any atom is -0.357 e. The molecule has 0 aliphatic carbocycles. The van der Waals surface area contributed by atoms with Crippen LogP contribution in [-0.4, -0.2) is 29.0 Å². The highest BCUT2D eigenvalue weighted by atomic mass is 35.5. The van der Waals surface area contributed by atoms with Gasteiger partial charge in [0.2, 0.25) is 0 Å². The maximum atomic E-state index is 12.1. The Kier molecular flexibility index (Phi) is 5.11. The van der Waals surface area contributed by atoms with Crippen molar-refractivity contribution in [3.05, 3.63) is 47.4 Å². The van der Waals surface area contributed by atoms with Crippen molar-refractivity contribution in [1.82, 2.24) is 9.97 Å². The van der Waals surface area contributed by atoms with Crippen LogP contribution in [0.1, 0.15) is 24.2 Å². The van der Waals surface area contributed by atoms with Crippen LogP contribution in [0.25, 0.3) is 0 Å². The van der Waals surface area contributed by atoms with Gasteiger partial charge in [0.1, 0.15) is 5.82 Å². The van der Waals surface area contributed by atoms with Crippen LogP contribution in [0, 0.1) is 0 Å². The fraction of sp³-hybridized carbons (Fsp3) is 0.267. The predicted molar refractivity (Wildman–Crippen MR) is 85.0 cm³/mol. The van der Waals surface area contributed by atoms with E-state index >= 15 is 0 Å². The molecular weight excluding hydrogens is 288 g/mol. The summed E-state index contributed by atoms with van der Waals surface area (Å²) in [6.07, 6.45) is 4.62. The molecule has 0 aliphatic heterocycles. The highest BCUT2D eigenvalue weighted by Gasteiger charge is 2.11. The Bertz CT molecular complexity index is 611. The van der Waals surface area contributed by atoms with Gasteiger partial charge in [-0.05, 0) is 32.0 Å². The first-order valence-electron chi connectivity index (χ1n) is 6.77. The van der Waals surface area contributed by atoms with Crippen molar-refractivity contribution >= 4 is 29.0 Å². The van der Waals surface area contributed by atoms with Gasteiger partial charge >= 0.3 is 0 Å². The van der Waals surface area contributed by atoms with Crippen LogP contribution in [-0.2, 0) is 0 Å². The molecule has 0 aromatic carbocycles. The second-order valence-corrected chi connectivity index (χ2v) is 4.79. The van der Waals surface area contributed by atoms with Gasteiger partial charge in [-0.3, -0.25) is 9.78 Å². The minimum absolute atomic E-state index is 0.300. The molecule has 1 N–H and O–H groups in total. The molecule has 21 heavy (non-hydrogen) atoms. The highest BCUT2D eigenvalue weighted by Crippen LogP contribution is 2.17. The van der Waals surface area contributed by atoms with Crippen LogP contribution in [0.2, 0.25) is 5.02 Å². The zero-order chi connectivity index (χ0) is 15.2. The Morgan fingerprint density at radius 1 is 1.24 bits per heavy atom. The van der Waals surface area contributed by atoms with E-state index in [2.05, 4.69) is 34.0 Å². The normalized spacial score (nSPS) is 10.2. The van der Waals surface area contributed by atoms with Crippen LogP contribution < -0.4 is 10.2 Å². The Morgan fingerprint density at radius 3 is 2.57 bits per heavy atom. The molecule has 2 aromatic heterocycles. The summed E-state index contributed by atoms with van der Waals surface area (Å²) in [6.45, 7) is 5.93. The fourth-order valence-corrected chi connectivity index (χ4v) is 2.13. The number of hydrogen-bond donors (Lipinski definition) is 1. The van der Waals surface area contributed by atoms with Crippen LogP contribution >= 0.6 is 11.6 Å². The number of hydrogen-bond acceptors (Lipinski definition) is 4. The van der Waals surface area contributed by atoms with Crippen molar-refractivity contribution in [2.24, 2.45) is 0 Å². The van der Waals surface area contributed by atoms with Gasteiger partial charge in [0.15, 0.2) is 0 Å². The van der Waals surface area contributed by atoms with Gasteiger partial charge in [0, 0.05) is 25.5 Å². The Hall–Kier alpha value is -2.14. The minimum atomic E-state index is -0.300. The van der Waals surface area contributed by atoms with Crippen molar-refractivity contribution in [3.63, 3.8) is 0 Å². The largest absolute Gasteiger partial charge is 0.357 e. The van der Waals surface area contributed by atoms with Crippen molar-refractivity contribution in [1.29, 1.82) is 0 Å². The number of nitrogens with zero attached hydrogens (tertiary/aromatic N) is 3. The molecule has 0 fully saturated rings. The van der Waals surface area contributed by atoms with E-state index in [1.54, 1.807) is 18.5 Å². The summed E-state index contributed by atoms with van der Waals surface area (Å²) < 4.78 is 0. The van der Waals surface area contributed by atoms with Gasteiger partial charge in [-0.2, -0.15) is 0 Å². The molecule has 0 aliphatic rings. The number of amides is 1. The maximum Gasteiger partial charge on any atom is 0.258 e. The Balaban J connectivity index is 2.10. The highest BCUT2D eigenvalue weighted by molar-refractivity contribution is 6.34. The number of nitrogens with one attached hydrogen (secondary N) is 1. The molecule has 0 radical (unpaired) electrons. The lowest BCUT2D eigenvalue weighted by Gasteiger charge is -2.19. The zero-order valence-corrected chi connectivity index (χ0v) is 12.8. The van der Waals surface area contributed by atoms with E-state index in [0.29, 0.717) is 16.3 Å². The van der Waals surface area contributed by atoms with Gasteiger partial charge in [0.25, 0.3) is 5.91 Å². The van der Waals surface area contributed by atoms with Crippen LogP contribution in [0.5, 0.6) is 0 Å². The van der Waals surface area contributed by atoms with E-state index in [9.17, 15) is 4.79 Å². The molecule has 1 amide bonds. The average molecular weight is 305 g/mol. The average Bonchev–Trinajstić information content (AvgIpc) is 2.50. The van der Waals surface area contributed by atoms with E-state index < -0.39 is 0 Å². The van der Waals surface area contributed by atoms with E-state index in [1.807, 2.05) is 12.1 Å². The van der Waals surface area contributed by atoms with E-state index in [0.717, 1.165) is 18.9 Å². The van der Waals surface area contributed by atoms with Gasteiger partial charge < -0.3 is 10.2 Å². The summed E-state index contributed by atoms with van der Waals surface area (Å²) in [5.74, 6) is 0.586. The quantitative estimate of drug-likeness (QED) is 0.921. The van der Waals surface area contributed by atoms with E-state index in [4.69, 9.17) is 11.6 Å². The molecule has 5 nitrogen and oxygen atoms in total. The molecule has 6 heteroatoms. The number of aromatic nitrogens is 2. The third-order valence-corrected chi connectivity index (χ3v) is 3.44. The zero-order valence-electron chi connectivity index (χ0n) is 12.0. The van der Waals surface area contributed by atoms with Gasteiger partial charge in [0.05, 0.1) is 22.5 Å². The number of carbonyl (C=O) groups excluding carboxylic acids is 1. The summed E-state index contributed by atoms with van der Waals surface area (Å²) >= 11 is 5.97. The standard InChI is InChI=1S/C15H17ClN4O/c1-3-20(4-2)14-6-5-11(9-18-14)19-15(21)12-10-17-8-7-13(12)16/h5-10H,3-4H2,1-2H3,(H,19,21). The third-order valence-electron chi connectivity index (χ3n) is 3.11. The smallest absolute Gasteiger partial charge is 0.258 e. The lowest BCUT2D eigenvalue weighted by molar-refractivity contribution is 0.102. The van der Waals surface area contributed by atoms with E-state index in [1.165, 1.54) is 6.20 Å². The van der Waals surface area contributed by atoms with Crippen LogP contribution in [0.4, 0.5) is 11.5 Å². The fourth-order valence-electron chi connectivity index (χ4n) is 1.94. The lowest BCUT2D eigenvalue weighted by Crippen LogP contribution is -2.22. The summed E-state index contributed by atoms with van der Waals surface area (Å²) in [4.78, 5) is 22.5. The maximum absolute atomic E-state index is 12.1. The number of pyridine rings is 2. The second-order valence-electron chi connectivity index (χ2n) is 4.39. The van der Waals surface area contributed by atoms with Crippen molar-refractivity contribution in [3.8, 4) is 0 Å². The molecule has 110 valence electrons. The third kappa shape index (κ3) is 3.70. The Morgan fingerprint density at radius 2 is 2.00 bits per heavy atom. The van der Waals surface area contributed by atoms with Crippen molar-refractivity contribution in [2.45, 2.75) is 13.8 Å². The first-order valence-corrected chi connectivity index (χ1v) is 7.15. The molecule has 2 aromatic rings. The second kappa shape index (κ2) is 7.04. The van der Waals surface area contributed by atoms with Gasteiger partial charge in [-0.25, -0.2) is 4.98 Å².